The Kier molecular flexibility index (Phi) is 7.28. The molecule has 1 aromatic rings. The molecule has 0 aliphatic carbocycles. The molecule has 0 N–H and O–H groups in total. The molecule has 0 heteroatoms. The van der Waals surface area contributed by atoms with Gasteiger partial charge >= 0.3 is 0 Å². The van der Waals surface area contributed by atoms with E-state index in [4.69, 9.17) is 0 Å². The van der Waals surface area contributed by atoms with Gasteiger partial charge in [0.1, 0.15) is 0 Å². The van der Waals surface area contributed by atoms with E-state index < -0.39 is 0 Å². The highest BCUT2D eigenvalue weighted by atomic mass is 14.3. The van der Waals surface area contributed by atoms with Crippen LogP contribution in [0.4, 0.5) is 0 Å². The van der Waals surface area contributed by atoms with Gasteiger partial charge in [0.15, 0.2) is 0 Å². The predicted octanol–water partition coefficient (Wildman–Crippen LogP) is 6.20. The molecule has 0 aromatic heterocycles. The predicted molar refractivity (Wildman–Crippen MR) is 84.2 cm³/mol. The van der Waals surface area contributed by atoms with Crippen LogP contribution in [0.5, 0.6) is 0 Å². The SMILES string of the molecule is CC.Cc1ccc(C(CC(C)(C)C)C(C)C)cc1. The Bertz CT molecular complexity index is 311. The summed E-state index contributed by atoms with van der Waals surface area (Å²) in [6.07, 6.45) is 1.26. The summed E-state index contributed by atoms with van der Waals surface area (Å²) in [6.45, 7) is 17.8. The third kappa shape index (κ3) is 6.23. The van der Waals surface area contributed by atoms with E-state index in [1.165, 1.54) is 17.5 Å². The molecule has 1 atom stereocenters. The molecule has 0 aliphatic heterocycles. The first-order chi connectivity index (χ1) is 8.29. The fraction of sp³-hybridized carbons (Fsp3) is 0.667. The quantitative estimate of drug-likeness (QED) is 0.597. The number of hydrogen-bond donors (Lipinski definition) is 0. The van der Waals surface area contributed by atoms with Crippen molar-refractivity contribution in [2.45, 2.75) is 67.7 Å². The standard InChI is InChI=1S/C16H26.C2H6/c1-12(2)15(11-16(4,5)6)14-9-7-13(3)8-10-14;1-2/h7-10,12,15H,11H2,1-6H3;1-2H3. The Hall–Kier alpha value is -0.780. The van der Waals surface area contributed by atoms with Crippen molar-refractivity contribution >= 4 is 0 Å². The van der Waals surface area contributed by atoms with Gasteiger partial charge in [-0.2, -0.15) is 0 Å². The Morgan fingerprint density at radius 2 is 1.39 bits per heavy atom. The van der Waals surface area contributed by atoms with Crippen molar-refractivity contribution in [3.8, 4) is 0 Å². The molecule has 0 bridgehead atoms. The van der Waals surface area contributed by atoms with Gasteiger partial charge in [0.25, 0.3) is 0 Å². The highest BCUT2D eigenvalue weighted by Gasteiger charge is 2.22. The molecule has 18 heavy (non-hydrogen) atoms. The van der Waals surface area contributed by atoms with Crippen LogP contribution < -0.4 is 0 Å². The second-order valence-electron chi connectivity index (χ2n) is 6.53. The molecule has 0 aliphatic rings. The van der Waals surface area contributed by atoms with Crippen LogP contribution in [0.2, 0.25) is 0 Å². The van der Waals surface area contributed by atoms with Crippen LogP contribution in [0.1, 0.15) is 71.9 Å². The zero-order valence-electron chi connectivity index (χ0n) is 13.7. The summed E-state index contributed by atoms with van der Waals surface area (Å²) in [6, 6.07) is 9.05. The molecule has 0 heterocycles. The van der Waals surface area contributed by atoms with Crippen LogP contribution in [0.15, 0.2) is 24.3 Å². The van der Waals surface area contributed by atoms with Gasteiger partial charge in [-0.3, -0.25) is 0 Å². The minimum atomic E-state index is 0.403. The molecular formula is C18H32. The van der Waals surface area contributed by atoms with E-state index in [9.17, 15) is 0 Å². The maximum Gasteiger partial charge on any atom is -0.0134 e. The molecule has 1 unspecified atom stereocenters. The Balaban J connectivity index is 0.00000137. The minimum Gasteiger partial charge on any atom is -0.0683 e. The van der Waals surface area contributed by atoms with Crippen molar-refractivity contribution in [3.63, 3.8) is 0 Å². The van der Waals surface area contributed by atoms with Gasteiger partial charge in [-0.05, 0) is 36.2 Å². The number of rotatable bonds is 3. The molecule has 0 fully saturated rings. The van der Waals surface area contributed by atoms with Gasteiger partial charge < -0.3 is 0 Å². The van der Waals surface area contributed by atoms with Gasteiger partial charge in [-0.1, -0.05) is 78.3 Å². The van der Waals surface area contributed by atoms with E-state index in [-0.39, 0.29) is 0 Å². The summed E-state index contributed by atoms with van der Waals surface area (Å²) in [5, 5.41) is 0. The summed E-state index contributed by atoms with van der Waals surface area (Å²) in [7, 11) is 0. The van der Waals surface area contributed by atoms with Gasteiger partial charge in [0.05, 0.1) is 0 Å². The lowest BCUT2D eigenvalue weighted by molar-refractivity contribution is 0.301. The van der Waals surface area contributed by atoms with Crippen molar-refractivity contribution in [2.24, 2.45) is 11.3 Å². The third-order valence-corrected chi connectivity index (χ3v) is 3.14. The monoisotopic (exact) mass is 248 g/mol. The topological polar surface area (TPSA) is 0 Å². The molecule has 0 nitrogen and oxygen atoms in total. The first kappa shape index (κ1) is 17.2. The summed E-state index contributed by atoms with van der Waals surface area (Å²) >= 11 is 0. The first-order valence-corrected chi connectivity index (χ1v) is 7.36. The molecule has 0 amide bonds. The maximum absolute atomic E-state index is 2.33. The Morgan fingerprint density at radius 1 is 0.944 bits per heavy atom. The van der Waals surface area contributed by atoms with Crippen LogP contribution >= 0.6 is 0 Å². The van der Waals surface area contributed by atoms with E-state index in [1.54, 1.807) is 0 Å². The first-order valence-electron chi connectivity index (χ1n) is 7.36. The lowest BCUT2D eigenvalue weighted by Crippen LogP contribution is -2.16. The minimum absolute atomic E-state index is 0.403. The van der Waals surface area contributed by atoms with Crippen molar-refractivity contribution in [2.75, 3.05) is 0 Å². The molecular weight excluding hydrogens is 216 g/mol. The highest BCUT2D eigenvalue weighted by molar-refractivity contribution is 5.25. The largest absolute Gasteiger partial charge is 0.0683 e. The summed E-state index contributed by atoms with van der Waals surface area (Å²) in [4.78, 5) is 0. The van der Waals surface area contributed by atoms with E-state index in [0.717, 1.165) is 0 Å². The van der Waals surface area contributed by atoms with Gasteiger partial charge in [-0.15, -0.1) is 0 Å². The van der Waals surface area contributed by atoms with Crippen molar-refractivity contribution in [1.29, 1.82) is 0 Å². The van der Waals surface area contributed by atoms with Crippen LogP contribution in [0.25, 0.3) is 0 Å². The average Bonchev–Trinajstić information content (AvgIpc) is 2.28. The fourth-order valence-electron chi connectivity index (χ4n) is 2.21. The smallest absolute Gasteiger partial charge is 0.0134 e. The zero-order valence-corrected chi connectivity index (χ0v) is 13.7. The van der Waals surface area contributed by atoms with Gasteiger partial charge in [0.2, 0.25) is 0 Å². The molecule has 104 valence electrons. The maximum atomic E-state index is 2.33. The third-order valence-electron chi connectivity index (χ3n) is 3.14. The Morgan fingerprint density at radius 3 is 1.72 bits per heavy atom. The molecule has 0 radical (unpaired) electrons. The average molecular weight is 248 g/mol. The summed E-state index contributed by atoms with van der Waals surface area (Å²) in [5.41, 5.74) is 3.25. The number of aryl methyl sites for hydroxylation is 1. The van der Waals surface area contributed by atoms with Crippen molar-refractivity contribution < 1.29 is 0 Å². The van der Waals surface area contributed by atoms with Crippen LogP contribution in [-0.4, -0.2) is 0 Å². The van der Waals surface area contributed by atoms with E-state index in [2.05, 4.69) is 65.8 Å². The van der Waals surface area contributed by atoms with Crippen LogP contribution in [0.3, 0.4) is 0 Å². The molecule has 0 saturated heterocycles. The Labute approximate surface area is 115 Å². The molecule has 0 saturated carbocycles. The van der Waals surface area contributed by atoms with Crippen molar-refractivity contribution in [3.05, 3.63) is 35.4 Å². The summed E-state index contributed by atoms with van der Waals surface area (Å²) in [5.74, 6) is 1.39. The van der Waals surface area contributed by atoms with Crippen molar-refractivity contribution in [1.82, 2.24) is 0 Å². The van der Waals surface area contributed by atoms with Crippen LogP contribution in [0, 0.1) is 18.3 Å². The fourth-order valence-corrected chi connectivity index (χ4v) is 2.21. The zero-order chi connectivity index (χ0) is 14.3. The molecule has 1 rings (SSSR count). The van der Waals surface area contributed by atoms with E-state index in [1.807, 2.05) is 13.8 Å². The van der Waals surface area contributed by atoms with E-state index >= 15 is 0 Å². The number of hydrogen-bond acceptors (Lipinski definition) is 0. The number of benzene rings is 1. The summed E-state index contributed by atoms with van der Waals surface area (Å²) < 4.78 is 0. The van der Waals surface area contributed by atoms with E-state index in [0.29, 0.717) is 17.3 Å². The van der Waals surface area contributed by atoms with Gasteiger partial charge in [-0.25, -0.2) is 0 Å². The normalized spacial score (nSPS) is 12.9. The lowest BCUT2D eigenvalue weighted by atomic mass is 9.76. The van der Waals surface area contributed by atoms with Gasteiger partial charge in [0, 0.05) is 0 Å². The lowest BCUT2D eigenvalue weighted by Gasteiger charge is -2.29. The van der Waals surface area contributed by atoms with Crippen LogP contribution in [-0.2, 0) is 0 Å². The highest BCUT2D eigenvalue weighted by Crippen LogP contribution is 2.36. The molecule has 0 spiro atoms. The second kappa shape index (κ2) is 7.61. The molecule has 1 aromatic carbocycles. The second-order valence-corrected chi connectivity index (χ2v) is 6.53.